The van der Waals surface area contributed by atoms with Gasteiger partial charge in [-0.25, -0.2) is 0 Å². The van der Waals surface area contributed by atoms with Crippen molar-refractivity contribution in [3.8, 4) is 5.75 Å². The van der Waals surface area contributed by atoms with Gasteiger partial charge in [-0.1, -0.05) is 12.1 Å². The summed E-state index contributed by atoms with van der Waals surface area (Å²) in [6.07, 6.45) is 6.16. The Morgan fingerprint density at radius 1 is 1.25 bits per heavy atom. The second kappa shape index (κ2) is 8.35. The first-order chi connectivity index (χ1) is 13.7. The molecule has 2 aromatic rings. The van der Waals surface area contributed by atoms with E-state index in [1.165, 1.54) is 11.3 Å². The maximum atomic E-state index is 12.9. The van der Waals surface area contributed by atoms with E-state index in [0.717, 1.165) is 69.5 Å². The minimum absolute atomic E-state index is 0.119. The zero-order valence-electron chi connectivity index (χ0n) is 16.9. The van der Waals surface area contributed by atoms with Gasteiger partial charge < -0.3 is 15.0 Å². The fraction of sp³-hybridized carbons (Fsp3) is 0.545. The van der Waals surface area contributed by atoms with E-state index in [0.29, 0.717) is 11.7 Å². The van der Waals surface area contributed by atoms with Crippen LogP contribution in [-0.4, -0.2) is 53.4 Å². The summed E-state index contributed by atoms with van der Waals surface area (Å²) in [5.74, 6) is 1.01. The lowest BCUT2D eigenvalue weighted by Crippen LogP contribution is -2.37. The Kier molecular flexibility index (Phi) is 5.67. The molecule has 4 rings (SSSR count). The van der Waals surface area contributed by atoms with Crippen LogP contribution in [0.15, 0.2) is 24.3 Å². The maximum absolute atomic E-state index is 12.9. The first-order valence-electron chi connectivity index (χ1n) is 10.4. The fourth-order valence-corrected chi connectivity index (χ4v) is 4.42. The van der Waals surface area contributed by atoms with Crippen LogP contribution in [0.5, 0.6) is 5.75 Å². The summed E-state index contributed by atoms with van der Waals surface area (Å²) >= 11 is 0. The standard InChI is InChI=1S/C22H30N4O2/c1-25-20-10-7-17(23-12-11-16-5-8-18(28-2)9-6-16)15-19(20)21(24-25)22(27)26-13-3-4-14-26/h5-6,8-9,17,23H,3-4,7,10-15H2,1-2H3. The van der Waals surface area contributed by atoms with Gasteiger partial charge in [0.25, 0.3) is 5.91 Å². The summed E-state index contributed by atoms with van der Waals surface area (Å²) in [6, 6.07) is 8.66. The first kappa shape index (κ1) is 19.0. The lowest BCUT2D eigenvalue weighted by molar-refractivity contribution is 0.0785. The van der Waals surface area contributed by atoms with E-state index in [1.807, 2.05) is 28.8 Å². The first-order valence-corrected chi connectivity index (χ1v) is 10.4. The van der Waals surface area contributed by atoms with Gasteiger partial charge in [0.05, 0.1) is 7.11 Å². The number of carbonyl (C=O) groups is 1. The van der Waals surface area contributed by atoms with E-state index in [2.05, 4.69) is 22.5 Å². The highest BCUT2D eigenvalue weighted by atomic mass is 16.5. The third-order valence-electron chi connectivity index (χ3n) is 6.06. The lowest BCUT2D eigenvalue weighted by atomic mass is 9.91. The molecule has 1 aliphatic carbocycles. The second-order valence-corrected chi connectivity index (χ2v) is 7.89. The molecule has 1 atom stereocenters. The molecule has 1 aromatic heterocycles. The summed E-state index contributed by atoms with van der Waals surface area (Å²) in [7, 11) is 3.66. The Morgan fingerprint density at radius 2 is 2.00 bits per heavy atom. The second-order valence-electron chi connectivity index (χ2n) is 7.89. The molecule has 0 saturated carbocycles. The largest absolute Gasteiger partial charge is 0.497 e. The zero-order chi connectivity index (χ0) is 19.5. The van der Waals surface area contributed by atoms with Crippen LogP contribution in [0.3, 0.4) is 0 Å². The number of methoxy groups -OCH3 is 1. The highest BCUT2D eigenvalue weighted by Crippen LogP contribution is 2.26. The van der Waals surface area contributed by atoms with Gasteiger partial charge in [-0.3, -0.25) is 9.48 Å². The molecule has 28 heavy (non-hydrogen) atoms. The summed E-state index contributed by atoms with van der Waals surface area (Å²) in [6.45, 7) is 2.67. The number of aromatic nitrogens is 2. The van der Waals surface area contributed by atoms with Crippen LogP contribution in [0.25, 0.3) is 0 Å². The molecule has 2 aliphatic rings. The normalized spacial score (nSPS) is 18.9. The Bertz CT molecular complexity index is 822. The number of hydrogen-bond donors (Lipinski definition) is 1. The molecule has 1 saturated heterocycles. The van der Waals surface area contributed by atoms with Crippen LogP contribution in [-0.2, 0) is 26.3 Å². The van der Waals surface area contributed by atoms with Gasteiger partial charge in [-0.15, -0.1) is 0 Å². The van der Waals surface area contributed by atoms with Gasteiger partial charge in [0.2, 0.25) is 0 Å². The van der Waals surface area contributed by atoms with E-state index in [-0.39, 0.29) is 5.91 Å². The van der Waals surface area contributed by atoms with Gasteiger partial charge in [-0.05, 0) is 62.8 Å². The molecule has 1 unspecified atom stereocenters. The number of ether oxygens (including phenoxy) is 1. The number of nitrogens with zero attached hydrogens (tertiary/aromatic N) is 3. The molecule has 150 valence electrons. The molecule has 0 radical (unpaired) electrons. The predicted molar refractivity (Wildman–Crippen MR) is 109 cm³/mol. The van der Waals surface area contributed by atoms with E-state index in [9.17, 15) is 4.79 Å². The van der Waals surface area contributed by atoms with Crippen molar-refractivity contribution in [3.05, 3.63) is 46.8 Å². The molecule has 6 nitrogen and oxygen atoms in total. The number of hydrogen-bond acceptors (Lipinski definition) is 4. The van der Waals surface area contributed by atoms with Gasteiger partial charge in [0.15, 0.2) is 5.69 Å². The monoisotopic (exact) mass is 382 g/mol. The molecular formula is C22H30N4O2. The smallest absolute Gasteiger partial charge is 0.274 e. The Balaban J connectivity index is 1.37. The number of fused-ring (bicyclic) bond motifs is 1. The highest BCUT2D eigenvalue weighted by Gasteiger charge is 2.31. The minimum Gasteiger partial charge on any atom is -0.497 e. The van der Waals surface area contributed by atoms with Gasteiger partial charge in [0.1, 0.15) is 5.75 Å². The van der Waals surface area contributed by atoms with Crippen LogP contribution >= 0.6 is 0 Å². The van der Waals surface area contributed by atoms with Crippen molar-refractivity contribution in [1.82, 2.24) is 20.0 Å². The van der Waals surface area contributed by atoms with E-state index in [4.69, 9.17) is 4.74 Å². The molecule has 2 heterocycles. The molecule has 1 N–H and O–H groups in total. The van der Waals surface area contributed by atoms with E-state index in [1.54, 1.807) is 7.11 Å². The Hall–Kier alpha value is -2.34. The summed E-state index contributed by atoms with van der Waals surface area (Å²) in [4.78, 5) is 14.9. The molecule has 6 heteroatoms. The van der Waals surface area contributed by atoms with Crippen molar-refractivity contribution in [3.63, 3.8) is 0 Å². The maximum Gasteiger partial charge on any atom is 0.274 e. The number of aryl methyl sites for hydroxylation is 1. The molecule has 1 amide bonds. The molecule has 1 aliphatic heterocycles. The molecule has 0 spiro atoms. The Morgan fingerprint density at radius 3 is 2.71 bits per heavy atom. The molecule has 0 bridgehead atoms. The number of amides is 1. The molecule has 1 aromatic carbocycles. The lowest BCUT2D eigenvalue weighted by Gasteiger charge is -2.25. The SMILES string of the molecule is COc1ccc(CCNC2CCc3c(c(C(=O)N4CCCC4)nn3C)C2)cc1. The zero-order valence-corrected chi connectivity index (χ0v) is 16.9. The van der Waals surface area contributed by atoms with Crippen molar-refractivity contribution < 1.29 is 9.53 Å². The third kappa shape index (κ3) is 3.92. The van der Waals surface area contributed by atoms with Crippen LogP contribution in [0.4, 0.5) is 0 Å². The number of rotatable bonds is 6. The number of carbonyl (C=O) groups excluding carboxylic acids is 1. The Labute approximate surface area is 166 Å². The summed E-state index contributed by atoms with van der Waals surface area (Å²) < 4.78 is 7.14. The van der Waals surface area contributed by atoms with Gasteiger partial charge in [0, 0.05) is 37.4 Å². The average molecular weight is 383 g/mol. The van der Waals surface area contributed by atoms with Crippen LogP contribution in [0.1, 0.15) is 46.6 Å². The number of nitrogens with one attached hydrogen (secondary N) is 1. The van der Waals surface area contributed by atoms with Gasteiger partial charge in [-0.2, -0.15) is 5.10 Å². The van der Waals surface area contributed by atoms with Crippen molar-refractivity contribution in [1.29, 1.82) is 0 Å². The summed E-state index contributed by atoms with van der Waals surface area (Å²) in [5, 5.41) is 8.29. The predicted octanol–water partition coefficient (Wildman–Crippen LogP) is 2.35. The average Bonchev–Trinajstić information content (AvgIpc) is 3.37. The quantitative estimate of drug-likeness (QED) is 0.833. The van der Waals surface area contributed by atoms with E-state index < -0.39 is 0 Å². The molecular weight excluding hydrogens is 352 g/mol. The topological polar surface area (TPSA) is 59.4 Å². The van der Waals surface area contributed by atoms with Crippen LogP contribution in [0.2, 0.25) is 0 Å². The van der Waals surface area contributed by atoms with Crippen molar-refractivity contribution >= 4 is 5.91 Å². The van der Waals surface area contributed by atoms with E-state index >= 15 is 0 Å². The fourth-order valence-electron chi connectivity index (χ4n) is 4.42. The van der Waals surface area contributed by atoms with Crippen molar-refractivity contribution in [2.45, 2.75) is 44.6 Å². The summed E-state index contributed by atoms with van der Waals surface area (Å²) in [5.41, 5.74) is 4.38. The van der Waals surface area contributed by atoms with Crippen LogP contribution in [0, 0.1) is 0 Å². The highest BCUT2D eigenvalue weighted by molar-refractivity contribution is 5.94. The van der Waals surface area contributed by atoms with Crippen molar-refractivity contribution in [2.75, 3.05) is 26.7 Å². The third-order valence-corrected chi connectivity index (χ3v) is 6.06. The minimum atomic E-state index is 0.119. The van der Waals surface area contributed by atoms with Crippen molar-refractivity contribution in [2.24, 2.45) is 7.05 Å². The van der Waals surface area contributed by atoms with Gasteiger partial charge >= 0.3 is 0 Å². The van der Waals surface area contributed by atoms with Crippen LogP contribution < -0.4 is 10.1 Å². The number of benzene rings is 1. The molecule has 1 fully saturated rings. The number of likely N-dealkylation sites (tertiary alicyclic amines) is 1.